The third-order valence-corrected chi connectivity index (χ3v) is 8.80. The fourth-order valence-electron chi connectivity index (χ4n) is 4.65. The van der Waals surface area contributed by atoms with Gasteiger partial charge in [-0.1, -0.05) is 6.92 Å². The summed E-state index contributed by atoms with van der Waals surface area (Å²) in [5, 5.41) is 2.75. The van der Waals surface area contributed by atoms with Crippen LogP contribution >= 0.6 is 0 Å². The maximum Gasteiger partial charge on any atom is 0.265 e. The number of piperidine rings is 1. The molecular weight excluding hydrogens is 432 g/mol. The molecular formula is C22H32N4O5S. The van der Waals surface area contributed by atoms with Crippen molar-refractivity contribution < 1.29 is 22.7 Å². The number of fused-ring (bicyclic) bond motifs is 1. The second kappa shape index (κ2) is 8.99. The minimum Gasteiger partial charge on any atom is -0.479 e. The zero-order valence-electron chi connectivity index (χ0n) is 19.0. The molecule has 0 radical (unpaired) electrons. The van der Waals surface area contributed by atoms with Gasteiger partial charge >= 0.3 is 0 Å². The number of rotatable bonds is 4. The van der Waals surface area contributed by atoms with Gasteiger partial charge in [-0.05, 0) is 44.9 Å². The van der Waals surface area contributed by atoms with Crippen LogP contribution in [-0.2, 0) is 19.6 Å². The van der Waals surface area contributed by atoms with E-state index in [1.807, 2.05) is 4.90 Å². The van der Waals surface area contributed by atoms with Crippen LogP contribution in [0.5, 0.6) is 5.75 Å². The first-order valence-corrected chi connectivity index (χ1v) is 12.8. The summed E-state index contributed by atoms with van der Waals surface area (Å²) in [5.41, 5.74) is 1.03. The van der Waals surface area contributed by atoms with Crippen LogP contribution in [0, 0.1) is 12.8 Å². The Hall–Kier alpha value is -2.17. The summed E-state index contributed by atoms with van der Waals surface area (Å²) < 4.78 is 33.8. The number of amides is 2. The van der Waals surface area contributed by atoms with Gasteiger partial charge in [0, 0.05) is 51.3 Å². The Kier molecular flexibility index (Phi) is 6.46. The molecule has 1 aromatic rings. The van der Waals surface area contributed by atoms with E-state index in [9.17, 15) is 18.0 Å². The van der Waals surface area contributed by atoms with Crippen LogP contribution in [0.4, 0.5) is 5.69 Å². The molecule has 0 unspecified atom stereocenters. The quantitative estimate of drug-likeness (QED) is 0.721. The van der Waals surface area contributed by atoms with E-state index in [0.29, 0.717) is 42.9 Å². The average molecular weight is 465 g/mol. The predicted octanol–water partition coefficient (Wildman–Crippen LogP) is 1.28. The van der Waals surface area contributed by atoms with Crippen molar-refractivity contribution in [3.8, 4) is 5.75 Å². The topological polar surface area (TPSA) is 99.3 Å². The summed E-state index contributed by atoms with van der Waals surface area (Å²) >= 11 is 0. The van der Waals surface area contributed by atoms with Crippen LogP contribution in [0.25, 0.3) is 0 Å². The van der Waals surface area contributed by atoms with E-state index >= 15 is 0 Å². The Balaban J connectivity index is 1.43. The van der Waals surface area contributed by atoms with Crippen LogP contribution in [0.1, 0.15) is 32.3 Å². The van der Waals surface area contributed by atoms with Crippen molar-refractivity contribution in [3.05, 3.63) is 17.7 Å². The van der Waals surface area contributed by atoms with Gasteiger partial charge in [0.05, 0.1) is 10.6 Å². The van der Waals surface area contributed by atoms with Gasteiger partial charge in [-0.15, -0.1) is 0 Å². The third-order valence-electron chi connectivity index (χ3n) is 6.76. The Morgan fingerprint density at radius 1 is 1.12 bits per heavy atom. The van der Waals surface area contributed by atoms with Gasteiger partial charge in [-0.3, -0.25) is 9.59 Å². The second-order valence-electron chi connectivity index (χ2n) is 8.80. The van der Waals surface area contributed by atoms with E-state index < -0.39 is 16.1 Å². The molecule has 176 valence electrons. The molecule has 0 bridgehead atoms. The molecule has 2 fully saturated rings. The highest BCUT2D eigenvalue weighted by molar-refractivity contribution is 7.89. The van der Waals surface area contributed by atoms with Crippen molar-refractivity contribution in [2.75, 3.05) is 51.1 Å². The number of sulfonamides is 1. The van der Waals surface area contributed by atoms with Crippen molar-refractivity contribution in [2.45, 2.75) is 44.6 Å². The average Bonchev–Trinajstić information content (AvgIpc) is 2.79. The lowest BCUT2D eigenvalue weighted by Gasteiger charge is -2.38. The summed E-state index contributed by atoms with van der Waals surface area (Å²) in [6.07, 6.45) is 0.376. The molecule has 0 saturated carbocycles. The van der Waals surface area contributed by atoms with Gasteiger partial charge in [-0.2, -0.15) is 4.31 Å². The molecule has 3 heterocycles. The summed E-state index contributed by atoms with van der Waals surface area (Å²) in [6.45, 7) is 10.4. The molecule has 10 heteroatoms. The molecule has 2 amide bonds. The molecule has 9 nitrogen and oxygen atoms in total. The number of nitrogens with one attached hydrogen (secondary N) is 1. The van der Waals surface area contributed by atoms with Crippen molar-refractivity contribution in [1.29, 1.82) is 0 Å². The fourth-order valence-corrected chi connectivity index (χ4v) is 6.34. The maximum absolute atomic E-state index is 13.4. The first-order chi connectivity index (χ1) is 15.2. The summed E-state index contributed by atoms with van der Waals surface area (Å²) in [5.74, 6) is 0.132. The number of piperazine rings is 1. The SMILES string of the molecule is CCN1CCN(C(=O)C2CCN(S(=O)(=O)c3cc4c(cc3C)NC(=O)[C@H](C)O4)CC2)CC1. The Labute approximate surface area is 189 Å². The molecule has 0 spiro atoms. The molecule has 0 aliphatic carbocycles. The fraction of sp³-hybridized carbons (Fsp3) is 0.636. The summed E-state index contributed by atoms with van der Waals surface area (Å²) in [6, 6.07) is 3.14. The van der Waals surface area contributed by atoms with Gasteiger partial charge in [0.2, 0.25) is 15.9 Å². The Morgan fingerprint density at radius 3 is 2.41 bits per heavy atom. The highest BCUT2D eigenvalue weighted by atomic mass is 32.2. The zero-order chi connectivity index (χ0) is 23.0. The second-order valence-corrected chi connectivity index (χ2v) is 10.7. The Bertz CT molecular complexity index is 996. The monoisotopic (exact) mass is 464 g/mol. The lowest BCUT2D eigenvalue weighted by atomic mass is 9.96. The van der Waals surface area contributed by atoms with E-state index in [1.165, 1.54) is 10.4 Å². The van der Waals surface area contributed by atoms with E-state index in [2.05, 4.69) is 17.1 Å². The molecule has 1 atom stereocenters. The molecule has 4 rings (SSSR count). The number of hydrogen-bond donors (Lipinski definition) is 1. The van der Waals surface area contributed by atoms with E-state index in [0.717, 1.165) is 32.7 Å². The number of carbonyl (C=O) groups excluding carboxylic acids is 2. The number of anilines is 1. The predicted molar refractivity (Wildman–Crippen MR) is 120 cm³/mol. The number of likely N-dealkylation sites (N-methyl/N-ethyl adjacent to an activating group) is 1. The van der Waals surface area contributed by atoms with Gasteiger partial charge in [0.25, 0.3) is 5.91 Å². The van der Waals surface area contributed by atoms with Gasteiger partial charge in [0.1, 0.15) is 5.75 Å². The minimum atomic E-state index is -3.73. The number of hydrogen-bond acceptors (Lipinski definition) is 6. The highest BCUT2D eigenvalue weighted by Crippen LogP contribution is 2.36. The Morgan fingerprint density at radius 2 is 1.78 bits per heavy atom. The smallest absolute Gasteiger partial charge is 0.265 e. The normalized spacial score (nSPS) is 23.4. The summed E-state index contributed by atoms with van der Waals surface area (Å²) in [4.78, 5) is 29.2. The van der Waals surface area contributed by atoms with Gasteiger partial charge < -0.3 is 19.9 Å². The van der Waals surface area contributed by atoms with Crippen molar-refractivity contribution in [1.82, 2.24) is 14.1 Å². The van der Waals surface area contributed by atoms with E-state index in [1.54, 1.807) is 19.9 Å². The number of ether oxygens (including phenoxy) is 1. The first-order valence-electron chi connectivity index (χ1n) is 11.3. The van der Waals surface area contributed by atoms with Gasteiger partial charge in [-0.25, -0.2) is 8.42 Å². The van der Waals surface area contributed by atoms with Crippen molar-refractivity contribution in [3.63, 3.8) is 0 Å². The van der Waals surface area contributed by atoms with E-state index in [4.69, 9.17) is 4.74 Å². The maximum atomic E-state index is 13.4. The van der Waals surface area contributed by atoms with Crippen molar-refractivity contribution in [2.24, 2.45) is 5.92 Å². The molecule has 1 N–H and O–H groups in total. The molecule has 0 aromatic heterocycles. The van der Waals surface area contributed by atoms with Crippen LogP contribution < -0.4 is 10.1 Å². The molecule has 1 aromatic carbocycles. The van der Waals surface area contributed by atoms with E-state index in [-0.39, 0.29) is 22.6 Å². The van der Waals surface area contributed by atoms with Gasteiger partial charge in [0.15, 0.2) is 6.10 Å². The lowest BCUT2D eigenvalue weighted by Crippen LogP contribution is -2.51. The largest absolute Gasteiger partial charge is 0.479 e. The van der Waals surface area contributed by atoms with Crippen LogP contribution in [-0.4, -0.2) is 86.3 Å². The lowest BCUT2D eigenvalue weighted by molar-refractivity contribution is -0.138. The van der Waals surface area contributed by atoms with Crippen LogP contribution in [0.15, 0.2) is 17.0 Å². The number of carbonyl (C=O) groups is 2. The molecule has 2 saturated heterocycles. The summed E-state index contributed by atoms with van der Waals surface area (Å²) in [7, 11) is -3.73. The van der Waals surface area contributed by atoms with Crippen LogP contribution in [0.3, 0.4) is 0 Å². The standard InChI is InChI=1S/C22H32N4O5S/c1-4-24-9-11-25(12-10-24)22(28)17-5-7-26(8-6-17)32(29,30)20-14-19-18(13-15(20)2)23-21(27)16(3)31-19/h13-14,16-17H,4-12H2,1-3H3,(H,23,27)/t16-/m0/s1. The number of benzene rings is 1. The third kappa shape index (κ3) is 4.35. The first kappa shape index (κ1) is 23.0. The molecule has 3 aliphatic heterocycles. The van der Waals surface area contributed by atoms with Crippen LogP contribution in [0.2, 0.25) is 0 Å². The zero-order valence-corrected chi connectivity index (χ0v) is 19.8. The molecule has 3 aliphatic rings. The number of aryl methyl sites for hydroxylation is 1. The van der Waals surface area contributed by atoms with Crippen molar-refractivity contribution >= 4 is 27.5 Å². The molecule has 32 heavy (non-hydrogen) atoms. The minimum absolute atomic E-state index is 0.126. The number of nitrogens with zero attached hydrogens (tertiary/aromatic N) is 3. The highest BCUT2D eigenvalue weighted by Gasteiger charge is 2.36.